The van der Waals surface area contributed by atoms with E-state index >= 15 is 0 Å². The van der Waals surface area contributed by atoms with Crippen LogP contribution in [0, 0.1) is 5.92 Å². The third-order valence-corrected chi connectivity index (χ3v) is 2.36. The van der Waals surface area contributed by atoms with Crippen molar-refractivity contribution in [1.82, 2.24) is 4.90 Å². The molecule has 0 radical (unpaired) electrons. The van der Waals surface area contributed by atoms with Crippen LogP contribution < -0.4 is 5.73 Å². The van der Waals surface area contributed by atoms with Gasteiger partial charge < -0.3 is 10.6 Å². The van der Waals surface area contributed by atoms with Gasteiger partial charge in [0.2, 0.25) is 5.91 Å². The van der Waals surface area contributed by atoms with Crippen molar-refractivity contribution < 1.29 is 4.79 Å². The number of nitrogens with zero attached hydrogens (tertiary/aromatic N) is 1. The number of carbonyl (C=O) groups excluding carboxylic acids is 1. The van der Waals surface area contributed by atoms with Crippen LogP contribution in [0.25, 0.3) is 0 Å². The van der Waals surface area contributed by atoms with Gasteiger partial charge in [0, 0.05) is 13.1 Å². The van der Waals surface area contributed by atoms with Crippen molar-refractivity contribution in [2.45, 2.75) is 32.7 Å². The van der Waals surface area contributed by atoms with E-state index in [1.807, 2.05) is 4.90 Å². The maximum Gasteiger partial charge on any atom is 0.239 e. The second-order valence-corrected chi connectivity index (χ2v) is 3.82. The van der Waals surface area contributed by atoms with Gasteiger partial charge in [0.1, 0.15) is 0 Å². The molecule has 1 fully saturated rings. The summed E-state index contributed by atoms with van der Waals surface area (Å²) in [6.45, 7) is 5.72. The van der Waals surface area contributed by atoms with E-state index in [1.165, 1.54) is 6.42 Å². The number of hydrogen-bond donors (Lipinski definition) is 1. The molecule has 1 saturated heterocycles. The molecule has 1 heterocycles. The van der Waals surface area contributed by atoms with Crippen molar-refractivity contribution in [2.75, 3.05) is 13.1 Å². The maximum atomic E-state index is 11.4. The molecular formula is C9H18N2O. The summed E-state index contributed by atoms with van der Waals surface area (Å²) < 4.78 is 0. The fourth-order valence-electron chi connectivity index (χ4n) is 1.68. The minimum absolute atomic E-state index is 0.0987. The van der Waals surface area contributed by atoms with Crippen LogP contribution in [-0.2, 0) is 4.79 Å². The highest BCUT2D eigenvalue weighted by Gasteiger charge is 2.22. The summed E-state index contributed by atoms with van der Waals surface area (Å²) in [6, 6.07) is -0.338. The first-order valence-corrected chi connectivity index (χ1v) is 4.65. The Morgan fingerprint density at radius 3 is 2.83 bits per heavy atom. The van der Waals surface area contributed by atoms with Crippen molar-refractivity contribution >= 4 is 5.91 Å². The summed E-state index contributed by atoms with van der Waals surface area (Å²) in [4.78, 5) is 13.3. The van der Waals surface area contributed by atoms with Gasteiger partial charge >= 0.3 is 0 Å². The third kappa shape index (κ3) is 2.21. The van der Waals surface area contributed by atoms with Crippen LogP contribution in [0.2, 0.25) is 0 Å². The molecular weight excluding hydrogens is 152 g/mol. The number of likely N-dealkylation sites (tertiary alicyclic amines) is 1. The van der Waals surface area contributed by atoms with E-state index in [4.69, 9.17) is 5.73 Å². The Bertz CT molecular complexity index is 168. The largest absolute Gasteiger partial charge is 0.341 e. The van der Waals surface area contributed by atoms with Gasteiger partial charge in [-0.25, -0.2) is 0 Å². The number of piperidine rings is 1. The molecule has 12 heavy (non-hydrogen) atoms. The minimum Gasteiger partial charge on any atom is -0.341 e. The Morgan fingerprint density at radius 2 is 2.33 bits per heavy atom. The predicted molar refractivity (Wildman–Crippen MR) is 48.6 cm³/mol. The van der Waals surface area contributed by atoms with Gasteiger partial charge in [-0.15, -0.1) is 0 Å². The third-order valence-electron chi connectivity index (χ3n) is 2.36. The van der Waals surface area contributed by atoms with Crippen LogP contribution in [-0.4, -0.2) is 29.9 Å². The molecule has 1 aliphatic rings. The van der Waals surface area contributed by atoms with Crippen LogP contribution in [0.15, 0.2) is 0 Å². The normalized spacial score (nSPS) is 26.9. The van der Waals surface area contributed by atoms with Crippen LogP contribution in [0.4, 0.5) is 0 Å². The Hall–Kier alpha value is -0.570. The lowest BCUT2D eigenvalue weighted by Gasteiger charge is -2.31. The first-order chi connectivity index (χ1) is 5.61. The molecule has 3 heteroatoms. The number of amides is 1. The van der Waals surface area contributed by atoms with Gasteiger partial charge in [-0.1, -0.05) is 6.92 Å². The van der Waals surface area contributed by atoms with Gasteiger partial charge in [-0.3, -0.25) is 4.79 Å². The van der Waals surface area contributed by atoms with Crippen LogP contribution in [0.1, 0.15) is 26.7 Å². The molecule has 1 rings (SSSR count). The molecule has 1 aliphatic heterocycles. The van der Waals surface area contributed by atoms with Gasteiger partial charge in [0.05, 0.1) is 6.04 Å². The number of hydrogen-bond acceptors (Lipinski definition) is 2. The first kappa shape index (κ1) is 9.52. The van der Waals surface area contributed by atoms with E-state index in [0.29, 0.717) is 5.92 Å². The lowest BCUT2D eigenvalue weighted by Crippen LogP contribution is -2.46. The molecule has 0 aromatic heterocycles. The van der Waals surface area contributed by atoms with E-state index in [-0.39, 0.29) is 11.9 Å². The maximum absolute atomic E-state index is 11.4. The second-order valence-electron chi connectivity index (χ2n) is 3.82. The second kappa shape index (κ2) is 3.90. The molecule has 70 valence electrons. The van der Waals surface area contributed by atoms with E-state index < -0.39 is 0 Å². The Kier molecular flexibility index (Phi) is 3.09. The molecule has 0 spiro atoms. The van der Waals surface area contributed by atoms with Crippen LogP contribution in [0.5, 0.6) is 0 Å². The van der Waals surface area contributed by atoms with Crippen molar-refractivity contribution in [3.8, 4) is 0 Å². The molecule has 0 saturated carbocycles. The standard InChI is InChI=1S/C9H18N2O/c1-7-4-3-5-11(6-7)9(12)8(2)10/h7-8H,3-6,10H2,1-2H3/t7-,8+/m0/s1. The molecule has 0 aromatic carbocycles. The van der Waals surface area contributed by atoms with E-state index in [0.717, 1.165) is 19.5 Å². The highest BCUT2D eigenvalue weighted by molar-refractivity contribution is 5.81. The van der Waals surface area contributed by atoms with E-state index in [2.05, 4.69) is 6.92 Å². The smallest absolute Gasteiger partial charge is 0.239 e. The zero-order valence-electron chi connectivity index (χ0n) is 7.92. The minimum atomic E-state index is -0.338. The monoisotopic (exact) mass is 170 g/mol. The predicted octanol–water partition coefficient (Wildman–Crippen LogP) is 0.592. The Balaban J connectivity index is 2.46. The summed E-state index contributed by atoms with van der Waals surface area (Å²) in [5, 5.41) is 0. The zero-order valence-corrected chi connectivity index (χ0v) is 7.92. The van der Waals surface area contributed by atoms with Gasteiger partial charge in [-0.05, 0) is 25.7 Å². The summed E-state index contributed by atoms with van der Waals surface area (Å²) >= 11 is 0. The highest BCUT2D eigenvalue weighted by Crippen LogP contribution is 2.15. The summed E-state index contributed by atoms with van der Waals surface area (Å²) in [5.41, 5.74) is 5.52. The highest BCUT2D eigenvalue weighted by atomic mass is 16.2. The number of nitrogens with two attached hydrogens (primary N) is 1. The summed E-state index contributed by atoms with van der Waals surface area (Å²) in [5.74, 6) is 0.739. The first-order valence-electron chi connectivity index (χ1n) is 4.65. The topological polar surface area (TPSA) is 46.3 Å². The lowest BCUT2D eigenvalue weighted by atomic mass is 10.00. The fraction of sp³-hybridized carbons (Fsp3) is 0.889. The molecule has 0 unspecified atom stereocenters. The number of rotatable bonds is 1. The Labute approximate surface area is 73.9 Å². The quantitative estimate of drug-likeness (QED) is 0.626. The molecule has 0 aromatic rings. The SMILES string of the molecule is C[C@H]1CCCN(C(=O)[C@@H](C)N)C1. The van der Waals surface area contributed by atoms with E-state index in [1.54, 1.807) is 6.92 Å². The average molecular weight is 170 g/mol. The molecule has 0 bridgehead atoms. The average Bonchev–Trinajstić information content (AvgIpc) is 2.03. The van der Waals surface area contributed by atoms with Crippen molar-refractivity contribution in [2.24, 2.45) is 11.7 Å². The molecule has 1 amide bonds. The summed E-state index contributed by atoms with van der Waals surface area (Å²) in [6.07, 6.45) is 2.36. The summed E-state index contributed by atoms with van der Waals surface area (Å²) in [7, 11) is 0. The van der Waals surface area contributed by atoms with Crippen molar-refractivity contribution in [3.05, 3.63) is 0 Å². The Morgan fingerprint density at radius 1 is 1.67 bits per heavy atom. The van der Waals surface area contributed by atoms with Gasteiger partial charge in [-0.2, -0.15) is 0 Å². The van der Waals surface area contributed by atoms with Crippen LogP contribution in [0.3, 0.4) is 0 Å². The fourth-order valence-corrected chi connectivity index (χ4v) is 1.68. The number of carbonyl (C=O) groups is 1. The molecule has 3 nitrogen and oxygen atoms in total. The van der Waals surface area contributed by atoms with Gasteiger partial charge in [0.25, 0.3) is 0 Å². The van der Waals surface area contributed by atoms with Crippen molar-refractivity contribution in [3.63, 3.8) is 0 Å². The lowest BCUT2D eigenvalue weighted by molar-refractivity contribution is -0.133. The molecule has 0 aliphatic carbocycles. The molecule has 2 N–H and O–H groups in total. The molecule has 2 atom stereocenters. The van der Waals surface area contributed by atoms with Crippen molar-refractivity contribution in [1.29, 1.82) is 0 Å². The van der Waals surface area contributed by atoms with Crippen LogP contribution >= 0.6 is 0 Å². The zero-order chi connectivity index (χ0) is 9.14. The van der Waals surface area contributed by atoms with E-state index in [9.17, 15) is 4.79 Å². The van der Waals surface area contributed by atoms with Gasteiger partial charge in [0.15, 0.2) is 0 Å².